The van der Waals surface area contributed by atoms with Crippen molar-refractivity contribution in [2.24, 2.45) is 5.92 Å². The molecule has 0 radical (unpaired) electrons. The number of piperazine rings is 1. The number of carbonyl (C=O) groups is 3. The maximum Gasteiger partial charge on any atom is 0.323 e. The second kappa shape index (κ2) is 6.69. The number of carboxylic acids is 1. The highest BCUT2D eigenvalue weighted by molar-refractivity contribution is 5.88. The minimum absolute atomic E-state index is 0.0142. The van der Waals surface area contributed by atoms with Gasteiger partial charge < -0.3 is 19.6 Å². The van der Waals surface area contributed by atoms with Crippen molar-refractivity contribution in [3.8, 4) is 0 Å². The van der Waals surface area contributed by atoms with E-state index in [9.17, 15) is 14.4 Å². The van der Waals surface area contributed by atoms with E-state index >= 15 is 0 Å². The summed E-state index contributed by atoms with van der Waals surface area (Å²) < 4.78 is 5.34. The number of nitrogens with zero attached hydrogens (tertiary/aromatic N) is 2. The van der Waals surface area contributed by atoms with Crippen LogP contribution in [0.5, 0.6) is 0 Å². The molecule has 2 fully saturated rings. The van der Waals surface area contributed by atoms with Crippen molar-refractivity contribution < 1.29 is 24.2 Å². The van der Waals surface area contributed by atoms with Crippen LogP contribution in [0, 0.1) is 5.92 Å². The number of amides is 2. The molecule has 2 aliphatic heterocycles. The van der Waals surface area contributed by atoms with Gasteiger partial charge in [-0.2, -0.15) is 0 Å². The summed E-state index contributed by atoms with van der Waals surface area (Å²) in [6.45, 7) is 1.76. The summed E-state index contributed by atoms with van der Waals surface area (Å²) in [5.74, 6) is -1.13. The first kappa shape index (κ1) is 14.8. The number of carbonyl (C=O) groups excluding carboxylic acids is 2. The standard InChI is InChI=1S/C13H20N2O5/c16-11(6-10-2-1-5-20-9-10)14-3-4-15(8-13(18)19)12(17)7-14/h10H,1-9H2,(H,18,19)/t10-/m1/s1. The summed E-state index contributed by atoms with van der Waals surface area (Å²) in [4.78, 5) is 37.3. The first-order valence-corrected chi connectivity index (χ1v) is 6.91. The van der Waals surface area contributed by atoms with E-state index in [0.29, 0.717) is 19.6 Å². The summed E-state index contributed by atoms with van der Waals surface area (Å²) in [7, 11) is 0. The predicted molar refractivity (Wildman–Crippen MR) is 69.0 cm³/mol. The first-order valence-electron chi connectivity index (χ1n) is 6.91. The van der Waals surface area contributed by atoms with Crippen molar-refractivity contribution >= 4 is 17.8 Å². The molecular weight excluding hydrogens is 264 g/mol. The van der Waals surface area contributed by atoms with Crippen molar-refractivity contribution in [1.82, 2.24) is 9.80 Å². The molecule has 2 aliphatic rings. The molecule has 7 heteroatoms. The minimum Gasteiger partial charge on any atom is -0.480 e. The lowest BCUT2D eigenvalue weighted by molar-refractivity contribution is -0.150. The molecule has 0 aromatic rings. The van der Waals surface area contributed by atoms with Crippen LogP contribution < -0.4 is 0 Å². The van der Waals surface area contributed by atoms with E-state index in [1.54, 1.807) is 0 Å². The molecule has 0 aliphatic carbocycles. The Balaban J connectivity index is 1.80. The third kappa shape index (κ3) is 3.93. The summed E-state index contributed by atoms with van der Waals surface area (Å²) >= 11 is 0. The lowest BCUT2D eigenvalue weighted by atomic mass is 9.98. The van der Waals surface area contributed by atoms with E-state index in [2.05, 4.69) is 0 Å². The molecular formula is C13H20N2O5. The van der Waals surface area contributed by atoms with Crippen LogP contribution in [-0.4, -0.2) is 72.1 Å². The zero-order valence-electron chi connectivity index (χ0n) is 11.4. The average molecular weight is 284 g/mol. The van der Waals surface area contributed by atoms with Crippen LogP contribution in [0.3, 0.4) is 0 Å². The fraction of sp³-hybridized carbons (Fsp3) is 0.769. The summed E-state index contributed by atoms with van der Waals surface area (Å²) in [5.41, 5.74) is 0. The largest absolute Gasteiger partial charge is 0.480 e. The monoisotopic (exact) mass is 284 g/mol. The van der Waals surface area contributed by atoms with Gasteiger partial charge in [-0.05, 0) is 18.8 Å². The van der Waals surface area contributed by atoms with Gasteiger partial charge in [-0.1, -0.05) is 0 Å². The number of ether oxygens (including phenoxy) is 1. The SMILES string of the molecule is O=C(O)CN1CCN(C(=O)C[C@H]2CCCOC2)CC1=O. The third-order valence-electron chi connectivity index (χ3n) is 3.72. The molecule has 2 heterocycles. The molecule has 1 N–H and O–H groups in total. The van der Waals surface area contributed by atoms with Gasteiger partial charge in [0.2, 0.25) is 11.8 Å². The zero-order chi connectivity index (χ0) is 14.5. The molecule has 0 spiro atoms. The summed E-state index contributed by atoms with van der Waals surface area (Å²) in [6, 6.07) is 0. The second-order valence-electron chi connectivity index (χ2n) is 5.31. The van der Waals surface area contributed by atoms with Gasteiger partial charge in [-0.15, -0.1) is 0 Å². The molecule has 112 valence electrons. The second-order valence-corrected chi connectivity index (χ2v) is 5.31. The topological polar surface area (TPSA) is 87.2 Å². The van der Waals surface area contributed by atoms with E-state index in [1.807, 2.05) is 0 Å². The van der Waals surface area contributed by atoms with Gasteiger partial charge in [0.25, 0.3) is 0 Å². The zero-order valence-corrected chi connectivity index (χ0v) is 11.4. The first-order chi connectivity index (χ1) is 9.56. The molecule has 0 unspecified atom stereocenters. The van der Waals surface area contributed by atoms with Crippen LogP contribution in [0.25, 0.3) is 0 Å². The Labute approximate surface area is 117 Å². The van der Waals surface area contributed by atoms with Gasteiger partial charge in [0.15, 0.2) is 0 Å². The van der Waals surface area contributed by atoms with Gasteiger partial charge in [0, 0.05) is 32.7 Å². The quantitative estimate of drug-likeness (QED) is 0.756. The number of carboxylic acid groups (broad SMARTS) is 1. The number of hydrogen-bond acceptors (Lipinski definition) is 4. The van der Waals surface area contributed by atoms with Crippen LogP contribution >= 0.6 is 0 Å². The van der Waals surface area contributed by atoms with Crippen LogP contribution in [0.2, 0.25) is 0 Å². The van der Waals surface area contributed by atoms with E-state index in [0.717, 1.165) is 19.4 Å². The van der Waals surface area contributed by atoms with Crippen molar-refractivity contribution in [3.63, 3.8) is 0 Å². The van der Waals surface area contributed by atoms with Gasteiger partial charge in [-0.3, -0.25) is 14.4 Å². The Morgan fingerprint density at radius 3 is 2.75 bits per heavy atom. The Hall–Kier alpha value is -1.63. The van der Waals surface area contributed by atoms with E-state index in [-0.39, 0.29) is 37.4 Å². The predicted octanol–water partition coefficient (Wildman–Crippen LogP) is -0.441. The molecule has 20 heavy (non-hydrogen) atoms. The Morgan fingerprint density at radius 2 is 2.15 bits per heavy atom. The Bertz CT molecular complexity index is 392. The maximum absolute atomic E-state index is 12.1. The molecule has 0 saturated carbocycles. The Kier molecular flexibility index (Phi) is 4.94. The molecule has 0 bridgehead atoms. The highest BCUT2D eigenvalue weighted by Crippen LogP contribution is 2.18. The number of rotatable bonds is 4. The molecule has 7 nitrogen and oxygen atoms in total. The Morgan fingerprint density at radius 1 is 1.35 bits per heavy atom. The van der Waals surface area contributed by atoms with Crippen LogP contribution in [-0.2, 0) is 19.1 Å². The van der Waals surface area contributed by atoms with Gasteiger partial charge >= 0.3 is 5.97 Å². The molecule has 2 amide bonds. The highest BCUT2D eigenvalue weighted by atomic mass is 16.5. The fourth-order valence-corrected chi connectivity index (χ4v) is 2.60. The van der Waals surface area contributed by atoms with Crippen molar-refractivity contribution in [1.29, 1.82) is 0 Å². The van der Waals surface area contributed by atoms with Gasteiger partial charge in [0.1, 0.15) is 6.54 Å². The molecule has 0 aromatic carbocycles. The smallest absolute Gasteiger partial charge is 0.323 e. The molecule has 0 aromatic heterocycles. The van der Waals surface area contributed by atoms with E-state index < -0.39 is 5.97 Å². The van der Waals surface area contributed by atoms with Gasteiger partial charge in [0.05, 0.1) is 6.54 Å². The molecule has 2 rings (SSSR count). The summed E-state index contributed by atoms with van der Waals surface area (Å²) in [5, 5.41) is 8.69. The fourth-order valence-electron chi connectivity index (χ4n) is 2.60. The van der Waals surface area contributed by atoms with Gasteiger partial charge in [-0.25, -0.2) is 0 Å². The average Bonchev–Trinajstić information content (AvgIpc) is 2.41. The lowest BCUT2D eigenvalue weighted by Crippen LogP contribution is -2.53. The highest BCUT2D eigenvalue weighted by Gasteiger charge is 2.29. The normalized spacial score (nSPS) is 23.8. The summed E-state index contributed by atoms with van der Waals surface area (Å²) in [6.07, 6.45) is 2.37. The van der Waals surface area contributed by atoms with Crippen molar-refractivity contribution in [3.05, 3.63) is 0 Å². The maximum atomic E-state index is 12.1. The van der Waals surface area contributed by atoms with E-state index in [4.69, 9.17) is 9.84 Å². The molecule has 2 saturated heterocycles. The van der Waals surface area contributed by atoms with Crippen LogP contribution in [0.1, 0.15) is 19.3 Å². The third-order valence-corrected chi connectivity index (χ3v) is 3.72. The van der Waals surface area contributed by atoms with Crippen molar-refractivity contribution in [2.45, 2.75) is 19.3 Å². The van der Waals surface area contributed by atoms with Crippen molar-refractivity contribution in [2.75, 3.05) is 39.4 Å². The minimum atomic E-state index is -1.03. The number of hydrogen-bond donors (Lipinski definition) is 1. The van der Waals surface area contributed by atoms with Crippen LogP contribution in [0.4, 0.5) is 0 Å². The van der Waals surface area contributed by atoms with E-state index in [1.165, 1.54) is 9.80 Å². The number of aliphatic carboxylic acids is 1. The van der Waals surface area contributed by atoms with Crippen LogP contribution in [0.15, 0.2) is 0 Å². The lowest BCUT2D eigenvalue weighted by Gasteiger charge is -2.34. The molecule has 1 atom stereocenters.